The summed E-state index contributed by atoms with van der Waals surface area (Å²) in [7, 11) is 0. The summed E-state index contributed by atoms with van der Waals surface area (Å²) in [6, 6.07) is 4.05. The molecular formula is C12H15BrN2O3. The van der Waals surface area contributed by atoms with Gasteiger partial charge in [0.05, 0.1) is 0 Å². The average molecular weight is 315 g/mol. The predicted octanol–water partition coefficient (Wildman–Crippen LogP) is 2.74. The lowest BCUT2D eigenvalue weighted by Crippen LogP contribution is -2.42. The molecule has 5 nitrogen and oxygen atoms in total. The molecule has 0 spiro atoms. The Hall–Kier alpha value is -1.56. The zero-order valence-electron chi connectivity index (χ0n) is 10.2. The van der Waals surface area contributed by atoms with Gasteiger partial charge in [0.15, 0.2) is 0 Å². The van der Waals surface area contributed by atoms with Crippen LogP contribution in [0.5, 0.6) is 0 Å². The quantitative estimate of drug-likeness (QED) is 0.799. The highest BCUT2D eigenvalue weighted by Gasteiger charge is 2.17. The highest BCUT2D eigenvalue weighted by atomic mass is 79.9. The van der Waals surface area contributed by atoms with E-state index in [0.717, 1.165) is 10.0 Å². The number of rotatable bonds is 4. The maximum atomic E-state index is 11.6. The Bertz CT molecular complexity index is 442. The third-order valence-corrected chi connectivity index (χ3v) is 2.77. The van der Waals surface area contributed by atoms with Gasteiger partial charge in [-0.05, 0) is 37.1 Å². The molecular weight excluding hydrogens is 300 g/mol. The van der Waals surface area contributed by atoms with E-state index in [1.165, 1.54) is 0 Å². The summed E-state index contributed by atoms with van der Waals surface area (Å²) in [5.41, 5.74) is 1.60. The van der Waals surface area contributed by atoms with Crippen LogP contribution in [0.1, 0.15) is 18.9 Å². The van der Waals surface area contributed by atoms with Crippen LogP contribution in [0.25, 0.3) is 0 Å². The second-order valence-corrected chi connectivity index (χ2v) is 4.83. The van der Waals surface area contributed by atoms with E-state index in [2.05, 4.69) is 26.6 Å². The standard InChI is InChI=1S/C12H15BrN2O3/c1-3-10(11(16)17)15-12(18)14-9-5-7(2)4-8(13)6-9/h4-6,10H,3H2,1-2H3,(H,16,17)(H2,14,15,18)/t10-/m0/s1. The zero-order valence-corrected chi connectivity index (χ0v) is 11.7. The molecule has 3 N–H and O–H groups in total. The van der Waals surface area contributed by atoms with Gasteiger partial charge in [0.2, 0.25) is 0 Å². The summed E-state index contributed by atoms with van der Waals surface area (Å²) in [5.74, 6) is -1.04. The average Bonchev–Trinajstić information content (AvgIpc) is 2.23. The Balaban J connectivity index is 2.67. The molecule has 0 radical (unpaired) electrons. The SMILES string of the molecule is CC[C@H](NC(=O)Nc1cc(C)cc(Br)c1)C(=O)O. The minimum absolute atomic E-state index is 0.334. The van der Waals surface area contributed by atoms with Crippen molar-refractivity contribution >= 4 is 33.6 Å². The summed E-state index contributed by atoms with van der Waals surface area (Å²) < 4.78 is 0.850. The van der Waals surface area contributed by atoms with E-state index < -0.39 is 18.0 Å². The molecule has 0 bridgehead atoms. The minimum atomic E-state index is -1.04. The third-order valence-electron chi connectivity index (χ3n) is 2.31. The summed E-state index contributed by atoms with van der Waals surface area (Å²) in [5, 5.41) is 13.8. The van der Waals surface area contributed by atoms with E-state index in [4.69, 9.17) is 5.11 Å². The monoisotopic (exact) mass is 314 g/mol. The van der Waals surface area contributed by atoms with Crippen LogP contribution in [-0.4, -0.2) is 23.1 Å². The number of urea groups is 1. The number of carboxylic acids is 1. The normalized spacial score (nSPS) is 11.7. The first-order chi connectivity index (χ1) is 8.42. The number of aryl methyl sites for hydroxylation is 1. The predicted molar refractivity (Wildman–Crippen MR) is 72.7 cm³/mol. The third kappa shape index (κ3) is 4.37. The van der Waals surface area contributed by atoms with Gasteiger partial charge in [0, 0.05) is 10.2 Å². The van der Waals surface area contributed by atoms with E-state index in [1.54, 1.807) is 19.1 Å². The van der Waals surface area contributed by atoms with Crippen molar-refractivity contribution in [3.63, 3.8) is 0 Å². The Morgan fingerprint density at radius 2 is 2.06 bits per heavy atom. The van der Waals surface area contributed by atoms with Crippen molar-refractivity contribution in [1.29, 1.82) is 0 Å². The number of carboxylic acid groups (broad SMARTS) is 1. The molecule has 0 unspecified atom stereocenters. The van der Waals surface area contributed by atoms with Crippen molar-refractivity contribution in [1.82, 2.24) is 5.32 Å². The van der Waals surface area contributed by atoms with Crippen LogP contribution in [0.3, 0.4) is 0 Å². The van der Waals surface area contributed by atoms with Gasteiger partial charge >= 0.3 is 12.0 Å². The number of hydrogen-bond donors (Lipinski definition) is 3. The largest absolute Gasteiger partial charge is 0.480 e. The number of aliphatic carboxylic acids is 1. The lowest BCUT2D eigenvalue weighted by atomic mass is 10.2. The molecule has 0 saturated carbocycles. The topological polar surface area (TPSA) is 78.4 Å². The van der Waals surface area contributed by atoms with E-state index >= 15 is 0 Å². The number of benzene rings is 1. The van der Waals surface area contributed by atoms with Gasteiger partial charge in [-0.15, -0.1) is 0 Å². The number of carbonyl (C=O) groups excluding carboxylic acids is 1. The van der Waals surface area contributed by atoms with E-state index in [-0.39, 0.29) is 0 Å². The van der Waals surface area contributed by atoms with Crippen molar-refractivity contribution in [2.75, 3.05) is 5.32 Å². The fraction of sp³-hybridized carbons (Fsp3) is 0.333. The van der Waals surface area contributed by atoms with Crippen molar-refractivity contribution in [3.05, 3.63) is 28.2 Å². The molecule has 0 heterocycles. The fourth-order valence-corrected chi connectivity index (χ4v) is 2.08. The summed E-state index contributed by atoms with van der Waals surface area (Å²) in [4.78, 5) is 22.4. The highest BCUT2D eigenvalue weighted by Crippen LogP contribution is 2.18. The van der Waals surface area contributed by atoms with Crippen LogP contribution in [0.2, 0.25) is 0 Å². The second kappa shape index (κ2) is 6.39. The van der Waals surface area contributed by atoms with E-state index in [0.29, 0.717) is 12.1 Å². The smallest absolute Gasteiger partial charge is 0.326 e. The molecule has 0 aliphatic heterocycles. The van der Waals surface area contributed by atoms with Crippen molar-refractivity contribution in [2.45, 2.75) is 26.3 Å². The number of hydrogen-bond acceptors (Lipinski definition) is 2. The molecule has 0 fully saturated rings. The first kappa shape index (κ1) is 14.5. The second-order valence-electron chi connectivity index (χ2n) is 3.91. The number of anilines is 1. The minimum Gasteiger partial charge on any atom is -0.480 e. The summed E-state index contributed by atoms with van der Waals surface area (Å²) in [6.45, 7) is 3.60. The number of amides is 2. The summed E-state index contributed by atoms with van der Waals surface area (Å²) in [6.07, 6.45) is 0.334. The van der Waals surface area contributed by atoms with Gasteiger partial charge in [0.1, 0.15) is 6.04 Å². The molecule has 98 valence electrons. The van der Waals surface area contributed by atoms with Crippen molar-refractivity contribution in [3.8, 4) is 0 Å². The molecule has 1 aromatic rings. The number of halogens is 1. The molecule has 0 aliphatic rings. The molecule has 0 saturated heterocycles. The maximum Gasteiger partial charge on any atom is 0.326 e. The van der Waals surface area contributed by atoms with Gasteiger partial charge < -0.3 is 15.7 Å². The fourth-order valence-electron chi connectivity index (χ4n) is 1.47. The molecule has 1 atom stereocenters. The van der Waals surface area contributed by atoms with Gasteiger partial charge in [-0.3, -0.25) is 0 Å². The maximum absolute atomic E-state index is 11.6. The van der Waals surface area contributed by atoms with Gasteiger partial charge in [-0.1, -0.05) is 22.9 Å². The molecule has 0 aromatic heterocycles. The van der Waals surface area contributed by atoms with Crippen LogP contribution >= 0.6 is 15.9 Å². The first-order valence-corrected chi connectivity index (χ1v) is 6.29. The Morgan fingerprint density at radius 1 is 1.39 bits per heavy atom. The molecule has 0 aliphatic carbocycles. The van der Waals surface area contributed by atoms with Gasteiger partial charge in [-0.25, -0.2) is 9.59 Å². The zero-order chi connectivity index (χ0) is 13.7. The van der Waals surface area contributed by atoms with Crippen molar-refractivity contribution < 1.29 is 14.7 Å². The number of carbonyl (C=O) groups is 2. The lowest BCUT2D eigenvalue weighted by molar-refractivity contribution is -0.139. The van der Waals surface area contributed by atoms with Gasteiger partial charge in [0.25, 0.3) is 0 Å². The van der Waals surface area contributed by atoms with Crippen LogP contribution in [0.4, 0.5) is 10.5 Å². The van der Waals surface area contributed by atoms with E-state index in [9.17, 15) is 9.59 Å². The Morgan fingerprint density at radius 3 is 2.56 bits per heavy atom. The van der Waals surface area contributed by atoms with Crippen LogP contribution in [-0.2, 0) is 4.79 Å². The van der Waals surface area contributed by atoms with Crippen LogP contribution in [0, 0.1) is 6.92 Å². The van der Waals surface area contributed by atoms with Crippen LogP contribution < -0.4 is 10.6 Å². The van der Waals surface area contributed by atoms with Crippen molar-refractivity contribution in [2.24, 2.45) is 0 Å². The van der Waals surface area contributed by atoms with Gasteiger partial charge in [-0.2, -0.15) is 0 Å². The van der Waals surface area contributed by atoms with E-state index in [1.807, 2.05) is 13.0 Å². The highest BCUT2D eigenvalue weighted by molar-refractivity contribution is 9.10. The Kier molecular flexibility index (Phi) is 5.15. The molecule has 2 amide bonds. The molecule has 18 heavy (non-hydrogen) atoms. The van der Waals surface area contributed by atoms with Crippen LogP contribution in [0.15, 0.2) is 22.7 Å². The molecule has 6 heteroatoms. The lowest BCUT2D eigenvalue weighted by Gasteiger charge is -2.13. The first-order valence-electron chi connectivity index (χ1n) is 5.50. The molecule has 1 rings (SSSR count). The molecule has 1 aromatic carbocycles. The number of nitrogens with one attached hydrogen (secondary N) is 2. The Labute approximate surface area is 114 Å². The summed E-state index contributed by atoms with van der Waals surface area (Å²) >= 11 is 3.32.